The van der Waals surface area contributed by atoms with Crippen LogP contribution in [0.3, 0.4) is 0 Å². The van der Waals surface area contributed by atoms with Crippen molar-refractivity contribution in [3.05, 3.63) is 0 Å². The SMILES string of the molecule is CCCO[Si]1(C)O[Si](C)(ON(CC)CC)O[Si](C)(ON(CC)CC)O[Si](C)(ON(CC)CC)O1. The molecule has 0 amide bonds. The van der Waals surface area contributed by atoms with Crippen molar-refractivity contribution in [3.63, 3.8) is 0 Å². The van der Waals surface area contributed by atoms with E-state index in [1.807, 2.05) is 89.8 Å². The number of nitrogens with zero attached hydrogens (tertiary/aromatic N) is 3. The first kappa shape index (κ1) is 32.5. The summed E-state index contributed by atoms with van der Waals surface area (Å²) in [4.78, 5) is 0. The summed E-state index contributed by atoms with van der Waals surface area (Å²) in [5.41, 5.74) is 0. The fourth-order valence-electron chi connectivity index (χ4n) is 3.65. The summed E-state index contributed by atoms with van der Waals surface area (Å²) in [6.07, 6.45) is 0.818. The summed E-state index contributed by atoms with van der Waals surface area (Å²) in [7, 11) is -13.5. The van der Waals surface area contributed by atoms with E-state index in [9.17, 15) is 0 Å². The van der Waals surface area contributed by atoms with Crippen LogP contribution in [0.5, 0.6) is 0 Å². The zero-order valence-corrected chi connectivity index (χ0v) is 27.3. The molecule has 0 aromatic heterocycles. The van der Waals surface area contributed by atoms with E-state index in [0.717, 1.165) is 6.42 Å². The summed E-state index contributed by atoms with van der Waals surface area (Å²) in [6.45, 7) is 26.1. The number of hydroxylamine groups is 6. The minimum atomic E-state index is -3.41. The highest BCUT2D eigenvalue weighted by atomic mass is 28.6. The van der Waals surface area contributed by atoms with E-state index in [0.29, 0.717) is 45.9 Å². The van der Waals surface area contributed by atoms with Crippen LogP contribution in [0.15, 0.2) is 0 Å². The lowest BCUT2D eigenvalue weighted by atomic mass is 10.5. The quantitative estimate of drug-likeness (QED) is 0.218. The van der Waals surface area contributed by atoms with E-state index in [4.69, 9.17) is 34.5 Å². The Morgan fingerprint density at radius 3 is 0.971 bits per heavy atom. The van der Waals surface area contributed by atoms with Gasteiger partial charge >= 0.3 is 35.2 Å². The molecule has 11 nitrogen and oxygen atoms in total. The Bertz CT molecular complexity index is 558. The predicted octanol–water partition coefficient (Wildman–Crippen LogP) is 3.59. The van der Waals surface area contributed by atoms with Gasteiger partial charge in [0.15, 0.2) is 0 Å². The van der Waals surface area contributed by atoms with Crippen molar-refractivity contribution in [2.75, 3.05) is 45.9 Å². The average Bonchev–Trinajstić information content (AvgIpc) is 2.76. The molecule has 0 bridgehead atoms. The first-order valence-corrected chi connectivity index (χ1v) is 21.5. The van der Waals surface area contributed by atoms with Crippen molar-refractivity contribution < 1.29 is 34.5 Å². The topological polar surface area (TPSA) is 83.6 Å². The van der Waals surface area contributed by atoms with Gasteiger partial charge in [-0.3, -0.25) is 13.6 Å². The van der Waals surface area contributed by atoms with E-state index >= 15 is 0 Å². The first-order chi connectivity index (χ1) is 15.9. The van der Waals surface area contributed by atoms with Gasteiger partial charge in [-0.1, -0.05) is 48.5 Å². The highest BCUT2D eigenvalue weighted by Crippen LogP contribution is 2.34. The summed E-state index contributed by atoms with van der Waals surface area (Å²) < 4.78 is 51.9. The molecule has 0 aromatic rings. The van der Waals surface area contributed by atoms with E-state index in [1.54, 1.807) is 0 Å². The molecular weight excluding hydrogens is 511 g/mol. The normalized spacial score (nSPS) is 33.0. The fraction of sp³-hybridized carbons (Fsp3) is 1.00. The summed E-state index contributed by atoms with van der Waals surface area (Å²) >= 11 is 0. The van der Waals surface area contributed by atoms with E-state index in [1.165, 1.54) is 0 Å². The minimum absolute atomic E-state index is 0.485. The van der Waals surface area contributed by atoms with E-state index in [-0.39, 0.29) is 0 Å². The smallest absolute Gasteiger partial charge is 0.375 e. The van der Waals surface area contributed by atoms with Gasteiger partial charge in [-0.05, 0) is 6.42 Å². The van der Waals surface area contributed by atoms with Crippen molar-refractivity contribution in [3.8, 4) is 0 Å². The third-order valence-corrected chi connectivity index (χ3v) is 19.4. The van der Waals surface area contributed by atoms with Gasteiger partial charge in [0.05, 0.1) is 0 Å². The van der Waals surface area contributed by atoms with Gasteiger partial charge in [0.2, 0.25) is 0 Å². The molecule has 0 N–H and O–H groups in total. The van der Waals surface area contributed by atoms with Crippen molar-refractivity contribution in [1.82, 2.24) is 15.2 Å². The molecule has 34 heavy (non-hydrogen) atoms. The van der Waals surface area contributed by atoms with Gasteiger partial charge in [-0.25, -0.2) is 0 Å². The molecule has 1 fully saturated rings. The molecule has 1 heterocycles. The maximum atomic E-state index is 6.67. The van der Waals surface area contributed by atoms with Crippen LogP contribution in [0.25, 0.3) is 0 Å². The molecular formula is C19H49N3O8Si4. The lowest BCUT2D eigenvalue weighted by Crippen LogP contribution is -2.72. The Labute approximate surface area is 211 Å². The van der Waals surface area contributed by atoms with Gasteiger partial charge < -0.3 is 20.9 Å². The Morgan fingerprint density at radius 2 is 0.735 bits per heavy atom. The number of hydrogen-bond acceptors (Lipinski definition) is 11. The molecule has 1 rings (SSSR count). The second kappa shape index (κ2) is 14.4. The summed E-state index contributed by atoms with van der Waals surface area (Å²) in [5.74, 6) is 0. The average molecular weight is 560 g/mol. The van der Waals surface area contributed by atoms with Gasteiger partial charge in [0.1, 0.15) is 0 Å². The number of rotatable bonds is 15. The third kappa shape index (κ3) is 10.1. The molecule has 1 aliphatic heterocycles. The second-order valence-electron chi connectivity index (χ2n) is 8.32. The van der Waals surface area contributed by atoms with Crippen LogP contribution in [0.4, 0.5) is 0 Å². The fourth-order valence-corrected chi connectivity index (χ4v) is 20.7. The van der Waals surface area contributed by atoms with Crippen molar-refractivity contribution >= 4 is 35.2 Å². The lowest BCUT2D eigenvalue weighted by molar-refractivity contribution is -0.146. The van der Waals surface area contributed by atoms with Gasteiger partial charge in [0.25, 0.3) is 0 Å². The minimum Gasteiger partial charge on any atom is -0.375 e. The Hall–Kier alpha value is 0.428. The van der Waals surface area contributed by atoms with Crippen molar-refractivity contribution in [2.24, 2.45) is 0 Å². The van der Waals surface area contributed by atoms with Crippen LogP contribution >= 0.6 is 0 Å². The Morgan fingerprint density at radius 1 is 0.471 bits per heavy atom. The predicted molar refractivity (Wildman–Crippen MR) is 139 cm³/mol. The molecule has 1 aliphatic rings. The molecule has 0 spiro atoms. The standard InChI is InChI=1S/C19H49N3O8Si4/c1-12-19-23-31(8)27-32(9,24-20(13-2)14-3)29-34(11,26-22(17-6)18-7)30-33(10,28-31)25-21(15-4)16-5/h12-19H2,1-11H3. The first-order valence-electron chi connectivity index (χ1n) is 12.6. The third-order valence-electron chi connectivity index (χ3n) is 5.05. The van der Waals surface area contributed by atoms with Crippen molar-refractivity contribution in [1.29, 1.82) is 0 Å². The summed E-state index contributed by atoms with van der Waals surface area (Å²) in [6, 6.07) is 0. The molecule has 0 aliphatic carbocycles. The van der Waals surface area contributed by atoms with Crippen LogP contribution in [-0.2, 0) is 34.5 Å². The van der Waals surface area contributed by atoms with E-state index in [2.05, 4.69) is 0 Å². The molecule has 204 valence electrons. The van der Waals surface area contributed by atoms with Gasteiger partial charge in [-0.15, -0.1) is 0 Å². The highest BCUT2D eigenvalue weighted by molar-refractivity contribution is 6.87. The van der Waals surface area contributed by atoms with Crippen LogP contribution < -0.4 is 0 Å². The van der Waals surface area contributed by atoms with E-state index < -0.39 is 35.2 Å². The Kier molecular flexibility index (Phi) is 13.7. The molecule has 0 saturated carbocycles. The molecule has 0 aromatic carbocycles. The monoisotopic (exact) mass is 559 g/mol. The Balaban J connectivity index is 3.50. The van der Waals surface area contributed by atoms with Gasteiger partial charge in [-0.2, -0.15) is 15.2 Å². The summed E-state index contributed by atoms with van der Waals surface area (Å²) in [5, 5.41) is 5.45. The zero-order valence-electron chi connectivity index (χ0n) is 23.3. The lowest BCUT2D eigenvalue weighted by Gasteiger charge is -2.48. The molecule has 1 saturated heterocycles. The van der Waals surface area contributed by atoms with Crippen molar-refractivity contribution in [2.45, 2.75) is 81.1 Å². The van der Waals surface area contributed by atoms with Gasteiger partial charge in [0, 0.05) is 72.1 Å². The zero-order chi connectivity index (χ0) is 26.0. The van der Waals surface area contributed by atoms with Crippen LogP contribution in [0, 0.1) is 0 Å². The molecule has 15 heteroatoms. The molecule has 2 atom stereocenters. The highest BCUT2D eigenvalue weighted by Gasteiger charge is 2.64. The second-order valence-corrected chi connectivity index (χ2v) is 19.3. The van der Waals surface area contributed by atoms with Crippen LogP contribution in [0.1, 0.15) is 54.9 Å². The van der Waals surface area contributed by atoms with Crippen LogP contribution in [0.2, 0.25) is 26.2 Å². The maximum Gasteiger partial charge on any atom is 0.500 e. The number of hydrogen-bond donors (Lipinski definition) is 0. The van der Waals surface area contributed by atoms with Crippen LogP contribution in [-0.4, -0.2) is 96.3 Å². The molecule has 0 radical (unpaired) electrons. The largest absolute Gasteiger partial charge is 0.500 e. The maximum absolute atomic E-state index is 6.67. The molecule has 2 unspecified atom stereocenters.